The van der Waals surface area contributed by atoms with E-state index >= 15 is 0 Å². The molecule has 0 amide bonds. The lowest BCUT2D eigenvalue weighted by Crippen LogP contribution is -2.35. The van der Waals surface area contributed by atoms with Crippen LogP contribution < -0.4 is 11.1 Å². The van der Waals surface area contributed by atoms with Crippen molar-refractivity contribution in [2.75, 3.05) is 12.3 Å². The molecular formula is C12H16N2. The van der Waals surface area contributed by atoms with Gasteiger partial charge in [0.05, 0.1) is 0 Å². The van der Waals surface area contributed by atoms with Gasteiger partial charge in [0.15, 0.2) is 0 Å². The number of anilines is 1. The van der Waals surface area contributed by atoms with Gasteiger partial charge in [-0.1, -0.05) is 12.1 Å². The zero-order valence-corrected chi connectivity index (χ0v) is 8.34. The maximum atomic E-state index is 6.21. The minimum atomic E-state index is 0.529. The lowest BCUT2D eigenvalue weighted by molar-refractivity contribution is 0.384. The first kappa shape index (κ1) is 8.30. The smallest absolute Gasteiger partial charge is 0.0397 e. The van der Waals surface area contributed by atoms with Crippen LogP contribution in [0.5, 0.6) is 0 Å². The van der Waals surface area contributed by atoms with E-state index in [1.54, 1.807) is 0 Å². The Labute approximate surface area is 84.5 Å². The van der Waals surface area contributed by atoms with Crippen molar-refractivity contribution in [3.63, 3.8) is 0 Å². The number of nitrogens with one attached hydrogen (secondary N) is 1. The molecule has 2 heteroatoms. The number of hydrogen-bond acceptors (Lipinski definition) is 2. The van der Waals surface area contributed by atoms with Gasteiger partial charge in [-0.05, 0) is 48.9 Å². The van der Waals surface area contributed by atoms with E-state index in [1.165, 1.54) is 42.4 Å². The zero-order chi connectivity index (χ0) is 9.54. The van der Waals surface area contributed by atoms with Crippen molar-refractivity contribution < 1.29 is 0 Å². The zero-order valence-electron chi connectivity index (χ0n) is 8.34. The average Bonchev–Trinajstić information content (AvgIpc) is 2.55. The minimum absolute atomic E-state index is 0.529. The summed E-state index contributed by atoms with van der Waals surface area (Å²) in [6.45, 7) is 1.14. The number of fused-ring (bicyclic) bond motifs is 1. The SMILES string of the molecule is Nc1c([C@H]2CCN2)ccc2c1CCC2. The molecule has 1 aliphatic carbocycles. The Morgan fingerprint density at radius 1 is 1.29 bits per heavy atom. The third-order valence-corrected chi connectivity index (χ3v) is 3.56. The summed E-state index contributed by atoms with van der Waals surface area (Å²) < 4.78 is 0. The van der Waals surface area contributed by atoms with E-state index in [9.17, 15) is 0 Å². The fourth-order valence-electron chi connectivity index (χ4n) is 2.57. The van der Waals surface area contributed by atoms with Gasteiger partial charge in [0.2, 0.25) is 0 Å². The maximum absolute atomic E-state index is 6.21. The first-order valence-electron chi connectivity index (χ1n) is 5.50. The molecule has 1 atom stereocenters. The van der Waals surface area contributed by atoms with Crippen molar-refractivity contribution in [3.8, 4) is 0 Å². The number of benzene rings is 1. The van der Waals surface area contributed by atoms with Crippen molar-refractivity contribution in [1.29, 1.82) is 0 Å². The monoisotopic (exact) mass is 188 g/mol. The van der Waals surface area contributed by atoms with Crippen molar-refractivity contribution in [3.05, 3.63) is 28.8 Å². The first-order valence-corrected chi connectivity index (χ1v) is 5.50. The van der Waals surface area contributed by atoms with Crippen molar-refractivity contribution in [2.45, 2.75) is 31.7 Å². The van der Waals surface area contributed by atoms with Gasteiger partial charge in [0.1, 0.15) is 0 Å². The summed E-state index contributed by atoms with van der Waals surface area (Å²) in [7, 11) is 0. The van der Waals surface area contributed by atoms with Gasteiger partial charge in [-0.15, -0.1) is 0 Å². The second-order valence-electron chi connectivity index (χ2n) is 4.36. The molecule has 0 unspecified atom stereocenters. The Bertz CT molecular complexity index is 367. The Kier molecular flexibility index (Phi) is 1.77. The Balaban J connectivity index is 2.05. The number of nitrogens with two attached hydrogens (primary N) is 1. The van der Waals surface area contributed by atoms with Crippen LogP contribution in [0.3, 0.4) is 0 Å². The summed E-state index contributed by atoms with van der Waals surface area (Å²) in [5, 5.41) is 3.41. The predicted molar refractivity (Wildman–Crippen MR) is 58.2 cm³/mol. The molecular weight excluding hydrogens is 172 g/mol. The van der Waals surface area contributed by atoms with Crippen molar-refractivity contribution in [1.82, 2.24) is 5.32 Å². The van der Waals surface area contributed by atoms with Gasteiger partial charge < -0.3 is 11.1 Å². The second kappa shape index (κ2) is 2.99. The third-order valence-electron chi connectivity index (χ3n) is 3.56. The summed E-state index contributed by atoms with van der Waals surface area (Å²) in [5.41, 5.74) is 11.5. The molecule has 1 aromatic rings. The number of nitrogen functional groups attached to an aromatic ring is 1. The molecule has 2 aliphatic rings. The van der Waals surface area contributed by atoms with Crippen LogP contribution in [0.1, 0.15) is 35.6 Å². The summed E-state index contributed by atoms with van der Waals surface area (Å²) >= 11 is 0. The molecule has 1 aromatic carbocycles. The molecule has 1 fully saturated rings. The van der Waals surface area contributed by atoms with Crippen LogP contribution in [0.25, 0.3) is 0 Å². The average molecular weight is 188 g/mol. The van der Waals surface area contributed by atoms with E-state index in [0.29, 0.717) is 6.04 Å². The minimum Gasteiger partial charge on any atom is -0.398 e. The molecule has 2 nitrogen and oxygen atoms in total. The largest absolute Gasteiger partial charge is 0.398 e. The van der Waals surface area contributed by atoms with Gasteiger partial charge in [-0.25, -0.2) is 0 Å². The van der Waals surface area contributed by atoms with Crippen LogP contribution in [-0.4, -0.2) is 6.54 Å². The Morgan fingerprint density at radius 2 is 2.14 bits per heavy atom. The van der Waals surface area contributed by atoms with Gasteiger partial charge >= 0.3 is 0 Å². The summed E-state index contributed by atoms with van der Waals surface area (Å²) in [6, 6.07) is 5.02. The fraction of sp³-hybridized carbons (Fsp3) is 0.500. The highest BCUT2D eigenvalue weighted by molar-refractivity contribution is 5.60. The highest BCUT2D eigenvalue weighted by Crippen LogP contribution is 2.35. The number of aryl methyl sites for hydroxylation is 1. The molecule has 0 radical (unpaired) electrons. The molecule has 0 spiro atoms. The van der Waals surface area contributed by atoms with Gasteiger partial charge in [0, 0.05) is 11.7 Å². The molecule has 74 valence electrons. The lowest BCUT2D eigenvalue weighted by Gasteiger charge is -2.29. The van der Waals surface area contributed by atoms with Crippen molar-refractivity contribution in [2.24, 2.45) is 0 Å². The summed E-state index contributed by atoms with van der Waals surface area (Å²) in [5.74, 6) is 0. The Hall–Kier alpha value is -1.02. The highest BCUT2D eigenvalue weighted by Gasteiger charge is 2.24. The molecule has 1 saturated heterocycles. The first-order chi connectivity index (χ1) is 6.86. The van der Waals surface area contributed by atoms with Crippen LogP contribution in [0.2, 0.25) is 0 Å². The topological polar surface area (TPSA) is 38.0 Å². The number of hydrogen-bond donors (Lipinski definition) is 2. The van der Waals surface area contributed by atoms with E-state index in [4.69, 9.17) is 5.73 Å². The standard InChI is InChI=1S/C12H16N2/c13-12-9-3-1-2-8(9)4-5-10(12)11-6-7-14-11/h4-5,11,14H,1-3,6-7,13H2/t11-/m1/s1. The van der Waals surface area contributed by atoms with E-state index in [0.717, 1.165) is 12.2 Å². The number of rotatable bonds is 1. The summed E-state index contributed by atoms with van der Waals surface area (Å²) in [4.78, 5) is 0. The van der Waals surface area contributed by atoms with Gasteiger partial charge in [-0.3, -0.25) is 0 Å². The molecule has 1 aliphatic heterocycles. The highest BCUT2D eigenvalue weighted by atomic mass is 15.0. The van der Waals surface area contributed by atoms with Crippen LogP contribution in [0, 0.1) is 0 Å². The molecule has 3 rings (SSSR count). The maximum Gasteiger partial charge on any atom is 0.0397 e. The predicted octanol–water partition coefficient (Wildman–Crippen LogP) is 1.79. The van der Waals surface area contributed by atoms with Gasteiger partial charge in [-0.2, -0.15) is 0 Å². The normalized spacial score (nSPS) is 24.4. The van der Waals surface area contributed by atoms with Crippen LogP contribution in [0.15, 0.2) is 12.1 Å². The van der Waals surface area contributed by atoms with Gasteiger partial charge in [0.25, 0.3) is 0 Å². The molecule has 14 heavy (non-hydrogen) atoms. The second-order valence-corrected chi connectivity index (χ2v) is 4.36. The fourth-order valence-corrected chi connectivity index (χ4v) is 2.57. The van der Waals surface area contributed by atoms with Crippen LogP contribution in [-0.2, 0) is 12.8 Å². The quantitative estimate of drug-likeness (QED) is 0.659. The molecule has 0 saturated carbocycles. The summed E-state index contributed by atoms with van der Waals surface area (Å²) in [6.07, 6.45) is 4.92. The molecule has 1 heterocycles. The van der Waals surface area contributed by atoms with E-state index in [2.05, 4.69) is 17.4 Å². The van der Waals surface area contributed by atoms with Crippen LogP contribution >= 0.6 is 0 Å². The molecule has 3 N–H and O–H groups in total. The van der Waals surface area contributed by atoms with E-state index in [1.807, 2.05) is 0 Å². The van der Waals surface area contributed by atoms with Crippen molar-refractivity contribution >= 4 is 5.69 Å². The molecule has 0 bridgehead atoms. The Morgan fingerprint density at radius 3 is 2.86 bits per heavy atom. The molecule has 0 aromatic heterocycles. The van der Waals surface area contributed by atoms with E-state index in [-0.39, 0.29) is 0 Å². The third kappa shape index (κ3) is 1.07. The van der Waals surface area contributed by atoms with Crippen LogP contribution in [0.4, 0.5) is 5.69 Å². The lowest BCUT2D eigenvalue weighted by atomic mass is 9.93. The van der Waals surface area contributed by atoms with E-state index < -0.39 is 0 Å².